The van der Waals surface area contributed by atoms with Gasteiger partial charge in [-0.25, -0.2) is 0 Å². The topological polar surface area (TPSA) is 52.6 Å². The Morgan fingerprint density at radius 2 is 2.00 bits per heavy atom. The molecule has 0 saturated carbocycles. The van der Waals surface area contributed by atoms with Gasteiger partial charge < -0.3 is 15.3 Å². The van der Waals surface area contributed by atoms with Gasteiger partial charge >= 0.3 is 0 Å². The van der Waals surface area contributed by atoms with E-state index in [-0.39, 0.29) is 17.9 Å². The highest BCUT2D eigenvalue weighted by atomic mass is 16.3. The molecule has 4 heteroatoms. The number of aliphatic hydroxyl groups excluding tert-OH is 1. The number of likely N-dealkylation sites (N-methyl/N-ethyl adjacent to an activating group) is 1. The summed E-state index contributed by atoms with van der Waals surface area (Å²) in [5.41, 5.74) is 0. The van der Waals surface area contributed by atoms with Crippen molar-refractivity contribution in [1.82, 2.24) is 10.2 Å². The van der Waals surface area contributed by atoms with Gasteiger partial charge in [0.05, 0.1) is 12.1 Å². The summed E-state index contributed by atoms with van der Waals surface area (Å²) in [6, 6.07) is -0.0706. The number of nitrogens with one attached hydrogen (secondary N) is 1. The van der Waals surface area contributed by atoms with Crippen molar-refractivity contribution in [3.8, 4) is 0 Å². The molecule has 1 saturated heterocycles. The second-order valence-corrected chi connectivity index (χ2v) is 4.77. The van der Waals surface area contributed by atoms with Crippen LogP contribution < -0.4 is 5.32 Å². The van der Waals surface area contributed by atoms with Gasteiger partial charge in [-0.05, 0) is 5.92 Å². The highest BCUT2D eigenvalue weighted by molar-refractivity contribution is 5.78. The van der Waals surface area contributed by atoms with Crippen LogP contribution in [-0.4, -0.2) is 48.2 Å². The lowest BCUT2D eigenvalue weighted by molar-refractivity contribution is -0.138. The molecule has 88 valence electrons. The normalized spacial score (nSPS) is 28.1. The molecule has 0 radical (unpaired) electrons. The highest BCUT2D eigenvalue weighted by Gasteiger charge is 2.33. The van der Waals surface area contributed by atoms with Crippen LogP contribution in [0.2, 0.25) is 0 Å². The molecule has 4 nitrogen and oxygen atoms in total. The first kappa shape index (κ1) is 12.5. The molecule has 0 aliphatic carbocycles. The number of nitrogens with zero attached hydrogens (tertiary/aromatic N) is 1. The molecule has 1 unspecified atom stereocenters. The van der Waals surface area contributed by atoms with E-state index in [2.05, 4.69) is 5.32 Å². The Balaban J connectivity index is 2.59. The summed E-state index contributed by atoms with van der Waals surface area (Å²) in [6.07, 6.45) is -0.432. The van der Waals surface area contributed by atoms with E-state index in [0.29, 0.717) is 19.0 Å². The van der Waals surface area contributed by atoms with Crippen molar-refractivity contribution < 1.29 is 9.90 Å². The number of hydrogen-bond acceptors (Lipinski definition) is 3. The van der Waals surface area contributed by atoms with E-state index >= 15 is 0 Å². The van der Waals surface area contributed by atoms with E-state index in [1.165, 1.54) is 0 Å². The molecule has 1 heterocycles. The van der Waals surface area contributed by atoms with E-state index in [1.54, 1.807) is 11.9 Å². The minimum atomic E-state index is -0.432. The van der Waals surface area contributed by atoms with Crippen LogP contribution in [0.25, 0.3) is 0 Å². The molecular formula is C11H22N2O2. The van der Waals surface area contributed by atoms with Crippen molar-refractivity contribution in [1.29, 1.82) is 0 Å². The summed E-state index contributed by atoms with van der Waals surface area (Å²) in [7, 11) is 1.78. The van der Waals surface area contributed by atoms with Crippen molar-refractivity contribution in [3.63, 3.8) is 0 Å². The first-order valence-corrected chi connectivity index (χ1v) is 5.60. The zero-order valence-corrected chi connectivity index (χ0v) is 10.0. The number of carbonyl (C=O) groups is 1. The number of hydrogen-bond donors (Lipinski definition) is 2. The Hall–Kier alpha value is -0.610. The zero-order chi connectivity index (χ0) is 11.6. The minimum absolute atomic E-state index is 0.0165. The second-order valence-electron chi connectivity index (χ2n) is 4.77. The van der Waals surface area contributed by atoms with E-state index in [4.69, 9.17) is 0 Å². The van der Waals surface area contributed by atoms with Crippen molar-refractivity contribution in [3.05, 3.63) is 0 Å². The summed E-state index contributed by atoms with van der Waals surface area (Å²) in [5, 5.41) is 12.8. The smallest absolute Gasteiger partial charge is 0.225 e. The van der Waals surface area contributed by atoms with Crippen LogP contribution in [0.1, 0.15) is 20.8 Å². The van der Waals surface area contributed by atoms with Gasteiger partial charge in [-0.3, -0.25) is 4.79 Å². The summed E-state index contributed by atoms with van der Waals surface area (Å²) in [5.74, 6) is 0.479. The predicted octanol–water partition coefficient (Wildman–Crippen LogP) is 0.0696. The molecule has 1 aliphatic rings. The van der Waals surface area contributed by atoms with Crippen LogP contribution in [0, 0.1) is 11.8 Å². The number of aliphatic hydroxyl groups is 1. The molecule has 0 spiro atoms. The van der Waals surface area contributed by atoms with Crippen molar-refractivity contribution in [2.24, 2.45) is 11.8 Å². The maximum atomic E-state index is 12.0. The Kier molecular flexibility index (Phi) is 4.11. The van der Waals surface area contributed by atoms with Gasteiger partial charge in [-0.2, -0.15) is 0 Å². The van der Waals surface area contributed by atoms with Gasteiger partial charge in [0.2, 0.25) is 5.91 Å². The van der Waals surface area contributed by atoms with Crippen molar-refractivity contribution >= 4 is 5.91 Å². The molecule has 1 amide bonds. The molecular weight excluding hydrogens is 192 g/mol. The fraction of sp³-hybridized carbons (Fsp3) is 0.909. The molecule has 0 aromatic rings. The van der Waals surface area contributed by atoms with Crippen LogP contribution in [0.5, 0.6) is 0 Å². The highest BCUT2D eigenvalue weighted by Crippen LogP contribution is 2.16. The third kappa shape index (κ3) is 2.69. The fourth-order valence-corrected chi connectivity index (χ4v) is 1.82. The Morgan fingerprint density at radius 3 is 2.40 bits per heavy atom. The molecule has 15 heavy (non-hydrogen) atoms. The van der Waals surface area contributed by atoms with Gasteiger partial charge in [0.15, 0.2) is 0 Å². The Morgan fingerprint density at radius 1 is 1.40 bits per heavy atom. The number of amides is 1. The Bertz CT molecular complexity index is 231. The third-order valence-electron chi connectivity index (χ3n) is 3.39. The van der Waals surface area contributed by atoms with Gasteiger partial charge in [0, 0.05) is 26.1 Å². The predicted molar refractivity (Wildman–Crippen MR) is 59.4 cm³/mol. The fourth-order valence-electron chi connectivity index (χ4n) is 1.82. The second kappa shape index (κ2) is 4.94. The van der Waals surface area contributed by atoms with E-state index in [0.717, 1.165) is 0 Å². The molecule has 1 fully saturated rings. The lowest BCUT2D eigenvalue weighted by Gasteiger charge is -2.30. The summed E-state index contributed by atoms with van der Waals surface area (Å²) < 4.78 is 0. The van der Waals surface area contributed by atoms with Gasteiger partial charge in [0.25, 0.3) is 0 Å². The molecule has 0 bridgehead atoms. The molecule has 2 N–H and O–H groups in total. The number of β-amino-alcohol motifs (C(OH)–C–C–N with tert-alkyl or cyclic N) is 1. The summed E-state index contributed by atoms with van der Waals surface area (Å²) in [4.78, 5) is 13.7. The van der Waals surface area contributed by atoms with E-state index < -0.39 is 6.10 Å². The van der Waals surface area contributed by atoms with Crippen molar-refractivity contribution in [2.75, 3.05) is 20.1 Å². The maximum absolute atomic E-state index is 12.0. The SMILES string of the molecule is CC(C)C(C)C(=O)N(C)[C@H]1CNC[C@@H]1O. The van der Waals surface area contributed by atoms with E-state index in [9.17, 15) is 9.90 Å². The van der Waals surface area contributed by atoms with Gasteiger partial charge in [0.1, 0.15) is 0 Å². The van der Waals surface area contributed by atoms with Gasteiger partial charge in [-0.15, -0.1) is 0 Å². The van der Waals surface area contributed by atoms with Crippen LogP contribution in [0.15, 0.2) is 0 Å². The standard InChI is InChI=1S/C11H22N2O2/c1-7(2)8(3)11(15)13(4)9-5-12-6-10(9)14/h7-10,12,14H,5-6H2,1-4H3/t8?,9-,10-/m0/s1. The number of carbonyl (C=O) groups excluding carboxylic acids is 1. The average molecular weight is 214 g/mol. The first-order chi connectivity index (χ1) is 6.95. The van der Waals surface area contributed by atoms with Crippen LogP contribution >= 0.6 is 0 Å². The lowest BCUT2D eigenvalue weighted by Crippen LogP contribution is -2.47. The number of rotatable bonds is 3. The third-order valence-corrected chi connectivity index (χ3v) is 3.39. The largest absolute Gasteiger partial charge is 0.390 e. The van der Waals surface area contributed by atoms with Gasteiger partial charge in [-0.1, -0.05) is 20.8 Å². The Labute approximate surface area is 91.6 Å². The van der Waals surface area contributed by atoms with Crippen molar-refractivity contribution in [2.45, 2.75) is 32.9 Å². The first-order valence-electron chi connectivity index (χ1n) is 5.60. The van der Waals surface area contributed by atoms with Crippen LogP contribution in [0.3, 0.4) is 0 Å². The maximum Gasteiger partial charge on any atom is 0.225 e. The zero-order valence-electron chi connectivity index (χ0n) is 10.0. The van der Waals surface area contributed by atoms with Crippen LogP contribution in [-0.2, 0) is 4.79 Å². The average Bonchev–Trinajstić information content (AvgIpc) is 2.60. The lowest BCUT2D eigenvalue weighted by atomic mass is 9.96. The quantitative estimate of drug-likeness (QED) is 0.699. The van der Waals surface area contributed by atoms with Crippen LogP contribution in [0.4, 0.5) is 0 Å². The summed E-state index contributed by atoms with van der Waals surface area (Å²) in [6.45, 7) is 7.30. The monoisotopic (exact) mass is 214 g/mol. The minimum Gasteiger partial charge on any atom is -0.390 e. The molecule has 0 aromatic carbocycles. The molecule has 1 rings (SSSR count). The molecule has 1 aliphatic heterocycles. The molecule has 3 atom stereocenters. The van der Waals surface area contributed by atoms with E-state index in [1.807, 2.05) is 20.8 Å². The molecule has 0 aromatic heterocycles. The summed E-state index contributed by atoms with van der Waals surface area (Å²) >= 11 is 0.